The first kappa shape index (κ1) is 19.0. The molecule has 0 radical (unpaired) electrons. The number of carbonyl (C=O) groups is 2. The van der Waals surface area contributed by atoms with Gasteiger partial charge in [-0.2, -0.15) is 0 Å². The van der Waals surface area contributed by atoms with Gasteiger partial charge in [0.15, 0.2) is 0 Å². The number of rotatable bonds is 3. The van der Waals surface area contributed by atoms with Crippen LogP contribution >= 0.6 is 11.6 Å². The van der Waals surface area contributed by atoms with E-state index in [9.17, 15) is 14.7 Å². The van der Waals surface area contributed by atoms with Crippen LogP contribution in [0.3, 0.4) is 0 Å². The summed E-state index contributed by atoms with van der Waals surface area (Å²) in [5.74, 6) is -1.58. The monoisotopic (exact) mass is 403 g/mol. The van der Waals surface area contributed by atoms with Crippen molar-refractivity contribution in [1.82, 2.24) is 0 Å². The van der Waals surface area contributed by atoms with Crippen LogP contribution in [-0.4, -0.2) is 16.8 Å². The lowest BCUT2D eigenvalue weighted by molar-refractivity contribution is -0.132. The van der Waals surface area contributed by atoms with Gasteiger partial charge in [-0.1, -0.05) is 71.8 Å². The van der Waals surface area contributed by atoms with Gasteiger partial charge in [0, 0.05) is 16.3 Å². The molecule has 1 fully saturated rings. The number of hydrogen-bond donors (Lipinski definition) is 1. The molecule has 0 unspecified atom stereocenters. The van der Waals surface area contributed by atoms with Crippen molar-refractivity contribution in [2.24, 2.45) is 0 Å². The van der Waals surface area contributed by atoms with Crippen molar-refractivity contribution in [3.05, 3.63) is 106 Å². The van der Waals surface area contributed by atoms with E-state index < -0.39 is 17.7 Å². The minimum absolute atomic E-state index is 0.0602. The summed E-state index contributed by atoms with van der Waals surface area (Å²) < 4.78 is 0. The third kappa shape index (κ3) is 3.43. The third-order valence-corrected chi connectivity index (χ3v) is 5.24. The summed E-state index contributed by atoms with van der Waals surface area (Å²) >= 11 is 6.03. The number of aliphatic hydroxyl groups excluding tert-OH is 1. The second kappa shape index (κ2) is 7.57. The lowest BCUT2D eigenvalue weighted by atomic mass is 9.95. The number of halogens is 1. The van der Waals surface area contributed by atoms with E-state index in [2.05, 4.69) is 0 Å². The molecule has 29 heavy (non-hydrogen) atoms. The number of benzene rings is 3. The number of Topliss-reactive ketones (excluding diaryl/α,β-unsaturated/α-hetero) is 1. The molecule has 144 valence electrons. The molecule has 1 aliphatic rings. The maximum atomic E-state index is 13.0. The molecule has 5 heteroatoms. The van der Waals surface area contributed by atoms with Crippen LogP contribution in [0, 0.1) is 6.92 Å². The summed E-state index contributed by atoms with van der Waals surface area (Å²) in [7, 11) is 0. The van der Waals surface area contributed by atoms with E-state index in [1.807, 2.05) is 25.1 Å². The molecule has 1 aliphatic heterocycles. The Hall–Kier alpha value is -3.37. The summed E-state index contributed by atoms with van der Waals surface area (Å²) in [6, 6.07) is 22.3. The zero-order chi connectivity index (χ0) is 20.5. The second-order valence-electron chi connectivity index (χ2n) is 6.92. The molecule has 1 heterocycles. The molecule has 1 N–H and O–H groups in total. The van der Waals surface area contributed by atoms with Crippen molar-refractivity contribution in [2.45, 2.75) is 13.0 Å². The Balaban J connectivity index is 1.94. The Kier molecular flexibility index (Phi) is 4.95. The van der Waals surface area contributed by atoms with Crippen LogP contribution in [0.5, 0.6) is 0 Å². The van der Waals surface area contributed by atoms with Gasteiger partial charge in [-0.3, -0.25) is 14.5 Å². The highest BCUT2D eigenvalue weighted by Crippen LogP contribution is 2.42. The Morgan fingerprint density at radius 2 is 1.52 bits per heavy atom. The summed E-state index contributed by atoms with van der Waals surface area (Å²) in [6.07, 6.45) is 0. The highest BCUT2D eigenvalue weighted by molar-refractivity contribution is 6.51. The quantitative estimate of drug-likeness (QED) is 0.368. The molecule has 4 nitrogen and oxygen atoms in total. The van der Waals surface area contributed by atoms with Crippen LogP contribution in [0.4, 0.5) is 5.69 Å². The normalized spacial score (nSPS) is 18.3. The maximum absolute atomic E-state index is 13.0. The average molecular weight is 404 g/mol. The topological polar surface area (TPSA) is 57.6 Å². The molecule has 1 atom stereocenters. The minimum Gasteiger partial charge on any atom is -0.507 e. The van der Waals surface area contributed by atoms with Crippen LogP contribution in [0.25, 0.3) is 5.76 Å². The van der Waals surface area contributed by atoms with Crippen LogP contribution in [-0.2, 0) is 9.59 Å². The standard InChI is InChI=1S/C24H18ClNO3/c1-15-7-9-17(10-8-15)22(27)20-21(16-11-13-18(25)14-12-16)26(24(29)23(20)28)19-5-3-2-4-6-19/h2-14,21,27H,1H3/b22-20+/t21-/m1/s1. The SMILES string of the molecule is Cc1ccc(/C(O)=C2\C(=O)C(=O)N(c3ccccc3)[C@@H]2c2ccc(Cl)cc2)cc1. The fraction of sp³-hybridized carbons (Fsp3) is 0.0833. The molecule has 0 aliphatic carbocycles. The number of amides is 1. The van der Waals surface area contributed by atoms with Gasteiger partial charge in [-0.15, -0.1) is 0 Å². The first-order chi connectivity index (χ1) is 14.0. The number of aryl methyl sites for hydroxylation is 1. The Labute approximate surface area is 173 Å². The summed E-state index contributed by atoms with van der Waals surface area (Å²) in [5.41, 5.74) is 2.84. The molecule has 1 saturated heterocycles. The van der Waals surface area contributed by atoms with Gasteiger partial charge in [0.05, 0.1) is 11.6 Å². The van der Waals surface area contributed by atoms with E-state index in [4.69, 9.17) is 11.6 Å². The number of carbonyl (C=O) groups excluding carboxylic acids is 2. The first-order valence-electron chi connectivity index (χ1n) is 9.16. The smallest absolute Gasteiger partial charge is 0.300 e. The van der Waals surface area contributed by atoms with Crippen LogP contribution in [0.1, 0.15) is 22.7 Å². The van der Waals surface area contributed by atoms with Gasteiger partial charge in [0.2, 0.25) is 0 Å². The predicted molar refractivity (Wildman–Crippen MR) is 114 cm³/mol. The first-order valence-corrected chi connectivity index (χ1v) is 9.53. The Morgan fingerprint density at radius 3 is 2.14 bits per heavy atom. The van der Waals surface area contributed by atoms with E-state index in [0.29, 0.717) is 21.8 Å². The second-order valence-corrected chi connectivity index (χ2v) is 7.36. The zero-order valence-corrected chi connectivity index (χ0v) is 16.4. The average Bonchev–Trinajstić information content (AvgIpc) is 3.00. The highest BCUT2D eigenvalue weighted by Gasteiger charge is 2.46. The molecular weight excluding hydrogens is 386 g/mol. The maximum Gasteiger partial charge on any atom is 0.300 e. The molecule has 0 aromatic heterocycles. The van der Waals surface area contributed by atoms with Crippen molar-refractivity contribution in [3.8, 4) is 0 Å². The predicted octanol–water partition coefficient (Wildman–Crippen LogP) is 5.27. The Bertz CT molecular complexity index is 1100. The lowest BCUT2D eigenvalue weighted by Crippen LogP contribution is -2.29. The molecular formula is C24H18ClNO3. The largest absolute Gasteiger partial charge is 0.507 e. The molecule has 3 aromatic rings. The van der Waals surface area contributed by atoms with Crippen LogP contribution < -0.4 is 4.90 Å². The molecule has 3 aromatic carbocycles. The molecule has 4 rings (SSSR count). The van der Waals surface area contributed by atoms with Crippen molar-refractivity contribution in [2.75, 3.05) is 4.90 Å². The van der Waals surface area contributed by atoms with E-state index >= 15 is 0 Å². The van der Waals surface area contributed by atoms with Gasteiger partial charge < -0.3 is 5.11 Å². The van der Waals surface area contributed by atoms with Crippen LogP contribution in [0.15, 0.2) is 84.4 Å². The number of para-hydroxylation sites is 1. The van der Waals surface area contributed by atoms with E-state index in [0.717, 1.165) is 5.56 Å². The number of nitrogens with zero attached hydrogens (tertiary/aromatic N) is 1. The number of aliphatic hydroxyl groups is 1. The van der Waals surface area contributed by atoms with Gasteiger partial charge in [-0.25, -0.2) is 0 Å². The van der Waals surface area contributed by atoms with Crippen LogP contribution in [0.2, 0.25) is 5.02 Å². The van der Waals surface area contributed by atoms with E-state index in [-0.39, 0.29) is 11.3 Å². The summed E-state index contributed by atoms with van der Waals surface area (Å²) in [4.78, 5) is 27.4. The number of ketones is 1. The number of hydrogen-bond acceptors (Lipinski definition) is 3. The van der Waals surface area contributed by atoms with Gasteiger partial charge in [0.25, 0.3) is 11.7 Å². The molecule has 0 bridgehead atoms. The van der Waals surface area contributed by atoms with Gasteiger partial charge in [-0.05, 0) is 36.8 Å². The Morgan fingerprint density at radius 1 is 0.897 bits per heavy atom. The van der Waals surface area contributed by atoms with Crippen molar-refractivity contribution >= 4 is 34.7 Å². The summed E-state index contributed by atoms with van der Waals surface area (Å²) in [5, 5.41) is 11.5. The highest BCUT2D eigenvalue weighted by atomic mass is 35.5. The molecule has 0 spiro atoms. The fourth-order valence-corrected chi connectivity index (χ4v) is 3.64. The fourth-order valence-electron chi connectivity index (χ4n) is 3.51. The lowest BCUT2D eigenvalue weighted by Gasteiger charge is -2.25. The van der Waals surface area contributed by atoms with Gasteiger partial charge >= 0.3 is 0 Å². The van der Waals surface area contributed by atoms with Crippen molar-refractivity contribution in [1.29, 1.82) is 0 Å². The van der Waals surface area contributed by atoms with E-state index in [1.54, 1.807) is 60.7 Å². The third-order valence-electron chi connectivity index (χ3n) is 4.99. The molecule has 0 saturated carbocycles. The number of anilines is 1. The zero-order valence-electron chi connectivity index (χ0n) is 15.7. The van der Waals surface area contributed by atoms with E-state index in [1.165, 1.54) is 4.90 Å². The summed E-state index contributed by atoms with van der Waals surface area (Å²) in [6.45, 7) is 1.94. The van der Waals surface area contributed by atoms with Gasteiger partial charge in [0.1, 0.15) is 5.76 Å². The molecule has 1 amide bonds. The van der Waals surface area contributed by atoms with Crippen molar-refractivity contribution in [3.63, 3.8) is 0 Å². The van der Waals surface area contributed by atoms with Crippen molar-refractivity contribution < 1.29 is 14.7 Å². The minimum atomic E-state index is -0.754.